The molecule has 0 heterocycles. The van der Waals surface area contributed by atoms with Gasteiger partial charge in [-0.25, -0.2) is 0 Å². The molecular weight excluding hydrogens is 326 g/mol. The lowest BCUT2D eigenvalue weighted by Gasteiger charge is -2.20. The summed E-state index contributed by atoms with van der Waals surface area (Å²) in [5.41, 5.74) is 3.82. The minimum atomic E-state index is -0.126. The summed E-state index contributed by atoms with van der Waals surface area (Å²) >= 11 is 0. The summed E-state index contributed by atoms with van der Waals surface area (Å²) in [5, 5.41) is 2.92. The summed E-state index contributed by atoms with van der Waals surface area (Å²) in [7, 11) is 0. The largest absolute Gasteiger partial charge is 0.491 e. The molecule has 0 radical (unpaired) electrons. The van der Waals surface area contributed by atoms with E-state index in [0.29, 0.717) is 6.61 Å². The second-order valence-electron chi connectivity index (χ2n) is 6.98. The average molecular weight is 353 g/mol. The van der Waals surface area contributed by atoms with Gasteiger partial charge < -0.3 is 14.8 Å². The summed E-state index contributed by atoms with van der Waals surface area (Å²) in [5.74, 6) is 1.53. The van der Waals surface area contributed by atoms with Gasteiger partial charge in [0.2, 0.25) is 0 Å². The molecule has 0 bridgehead atoms. The van der Waals surface area contributed by atoms with Crippen molar-refractivity contribution >= 4 is 5.91 Å². The maximum Gasteiger partial charge on any atom is 0.258 e. The molecule has 2 aromatic rings. The normalized spacial score (nSPS) is 14.2. The van der Waals surface area contributed by atoms with Crippen LogP contribution in [-0.4, -0.2) is 25.2 Å². The Balaban J connectivity index is 1.44. The predicted molar refractivity (Wildman–Crippen MR) is 103 cm³/mol. The minimum absolute atomic E-state index is 0.0331. The molecule has 138 valence electrons. The Bertz CT molecular complexity index is 740. The van der Waals surface area contributed by atoms with Crippen LogP contribution in [0, 0.1) is 6.92 Å². The van der Waals surface area contributed by atoms with Gasteiger partial charge in [0.05, 0.1) is 6.04 Å². The fraction of sp³-hybridized carbons (Fsp3) is 0.409. The second-order valence-corrected chi connectivity index (χ2v) is 6.98. The van der Waals surface area contributed by atoms with E-state index in [4.69, 9.17) is 9.47 Å². The predicted octanol–water partition coefficient (Wildman–Crippen LogP) is 3.84. The number of carbonyl (C=O) groups is 1. The third kappa shape index (κ3) is 5.01. The Kier molecular flexibility index (Phi) is 6.16. The van der Waals surface area contributed by atoms with Gasteiger partial charge in [-0.3, -0.25) is 4.79 Å². The molecule has 1 amide bonds. The Labute approximate surface area is 155 Å². The van der Waals surface area contributed by atoms with Crippen molar-refractivity contribution in [2.24, 2.45) is 0 Å². The molecule has 4 nitrogen and oxygen atoms in total. The zero-order valence-electron chi connectivity index (χ0n) is 15.6. The van der Waals surface area contributed by atoms with Crippen LogP contribution >= 0.6 is 0 Å². The summed E-state index contributed by atoms with van der Waals surface area (Å²) in [6.07, 6.45) is 4.56. The first-order valence-corrected chi connectivity index (χ1v) is 9.34. The average Bonchev–Trinajstić information content (AvgIpc) is 2.66. The Morgan fingerprint density at radius 1 is 1.08 bits per heavy atom. The summed E-state index contributed by atoms with van der Waals surface area (Å²) < 4.78 is 11.5. The second kappa shape index (κ2) is 8.75. The van der Waals surface area contributed by atoms with Crippen LogP contribution in [0.15, 0.2) is 42.5 Å². The number of hydrogen-bond donors (Lipinski definition) is 1. The van der Waals surface area contributed by atoms with Crippen LogP contribution in [0.2, 0.25) is 0 Å². The number of hydrogen-bond acceptors (Lipinski definition) is 3. The highest BCUT2D eigenvalue weighted by Gasteiger charge is 2.15. The van der Waals surface area contributed by atoms with Crippen molar-refractivity contribution in [3.63, 3.8) is 0 Å². The van der Waals surface area contributed by atoms with Crippen LogP contribution in [0.3, 0.4) is 0 Å². The zero-order valence-corrected chi connectivity index (χ0v) is 15.6. The summed E-state index contributed by atoms with van der Waals surface area (Å²) in [4.78, 5) is 12.2. The lowest BCUT2D eigenvalue weighted by molar-refractivity contribution is -0.123. The molecule has 0 saturated carbocycles. The van der Waals surface area contributed by atoms with Gasteiger partial charge in [0, 0.05) is 0 Å². The number of rotatable bonds is 7. The third-order valence-corrected chi connectivity index (χ3v) is 4.64. The molecule has 1 N–H and O–H groups in total. The fourth-order valence-corrected chi connectivity index (χ4v) is 3.24. The zero-order chi connectivity index (χ0) is 18.4. The Morgan fingerprint density at radius 2 is 1.85 bits per heavy atom. The standard InChI is InChI=1S/C22H27NO3/c1-16-10-12-19(13-11-16)25-14-17(2)23-22(24)15-26-21-9-5-7-18-6-3-4-8-20(18)21/h5,7,9-13,17H,3-4,6,8,14-15H2,1-2H3,(H,23,24). The van der Waals surface area contributed by atoms with Crippen molar-refractivity contribution in [2.75, 3.05) is 13.2 Å². The quantitative estimate of drug-likeness (QED) is 0.823. The number of amides is 1. The summed E-state index contributed by atoms with van der Waals surface area (Å²) in [6.45, 7) is 4.42. The lowest BCUT2D eigenvalue weighted by atomic mass is 9.91. The molecule has 0 fully saturated rings. The van der Waals surface area contributed by atoms with Crippen molar-refractivity contribution in [1.29, 1.82) is 0 Å². The number of nitrogens with one attached hydrogen (secondary N) is 1. The number of fused-ring (bicyclic) bond motifs is 1. The fourth-order valence-electron chi connectivity index (χ4n) is 3.24. The number of benzene rings is 2. The van der Waals surface area contributed by atoms with Gasteiger partial charge in [0.1, 0.15) is 18.1 Å². The topological polar surface area (TPSA) is 47.6 Å². The number of ether oxygens (including phenoxy) is 2. The van der Waals surface area contributed by atoms with Crippen LogP contribution in [0.25, 0.3) is 0 Å². The smallest absolute Gasteiger partial charge is 0.258 e. The van der Waals surface area contributed by atoms with E-state index in [2.05, 4.69) is 11.4 Å². The number of carbonyl (C=O) groups excluding carboxylic acids is 1. The van der Waals surface area contributed by atoms with Crippen molar-refractivity contribution in [2.45, 2.75) is 45.6 Å². The molecule has 2 aromatic carbocycles. The van der Waals surface area contributed by atoms with E-state index in [0.717, 1.165) is 24.3 Å². The van der Waals surface area contributed by atoms with Gasteiger partial charge in [-0.2, -0.15) is 0 Å². The molecular formula is C22H27NO3. The Morgan fingerprint density at radius 3 is 2.65 bits per heavy atom. The van der Waals surface area contributed by atoms with Crippen molar-refractivity contribution in [3.8, 4) is 11.5 Å². The van der Waals surface area contributed by atoms with Gasteiger partial charge >= 0.3 is 0 Å². The molecule has 1 aliphatic carbocycles. The molecule has 3 rings (SSSR count). The Hall–Kier alpha value is -2.49. The molecule has 1 atom stereocenters. The van der Waals surface area contributed by atoms with Crippen molar-refractivity contribution < 1.29 is 14.3 Å². The highest BCUT2D eigenvalue weighted by molar-refractivity contribution is 5.77. The molecule has 0 spiro atoms. The highest BCUT2D eigenvalue weighted by Crippen LogP contribution is 2.29. The van der Waals surface area contributed by atoms with Crippen molar-refractivity contribution in [3.05, 3.63) is 59.2 Å². The van der Waals surface area contributed by atoms with Crippen LogP contribution in [0.5, 0.6) is 11.5 Å². The summed E-state index contributed by atoms with van der Waals surface area (Å²) in [6, 6.07) is 13.9. The number of aryl methyl sites for hydroxylation is 2. The SMILES string of the molecule is Cc1ccc(OCC(C)NC(=O)COc2cccc3c2CCCC3)cc1. The van der Waals surface area contributed by atoms with Crippen LogP contribution in [-0.2, 0) is 17.6 Å². The van der Waals surface area contributed by atoms with E-state index in [1.54, 1.807) is 0 Å². The first-order chi connectivity index (χ1) is 12.6. The first-order valence-electron chi connectivity index (χ1n) is 9.34. The van der Waals surface area contributed by atoms with Gasteiger partial charge in [0.25, 0.3) is 5.91 Å². The molecule has 26 heavy (non-hydrogen) atoms. The molecule has 0 aromatic heterocycles. The van der Waals surface area contributed by atoms with Crippen LogP contribution in [0.1, 0.15) is 36.5 Å². The van der Waals surface area contributed by atoms with E-state index in [1.807, 2.05) is 50.2 Å². The lowest BCUT2D eigenvalue weighted by Crippen LogP contribution is -2.39. The minimum Gasteiger partial charge on any atom is -0.491 e. The monoisotopic (exact) mass is 353 g/mol. The highest BCUT2D eigenvalue weighted by atomic mass is 16.5. The van der Waals surface area contributed by atoms with E-state index in [-0.39, 0.29) is 18.6 Å². The van der Waals surface area contributed by atoms with Gasteiger partial charge in [-0.15, -0.1) is 0 Å². The molecule has 0 saturated heterocycles. The molecule has 0 aliphatic heterocycles. The maximum atomic E-state index is 12.2. The van der Waals surface area contributed by atoms with Gasteiger partial charge in [-0.1, -0.05) is 29.8 Å². The van der Waals surface area contributed by atoms with E-state index in [9.17, 15) is 4.79 Å². The third-order valence-electron chi connectivity index (χ3n) is 4.64. The molecule has 4 heteroatoms. The van der Waals surface area contributed by atoms with Crippen LogP contribution < -0.4 is 14.8 Å². The van der Waals surface area contributed by atoms with Crippen LogP contribution in [0.4, 0.5) is 0 Å². The van der Waals surface area contributed by atoms with Gasteiger partial charge in [0.15, 0.2) is 6.61 Å². The van der Waals surface area contributed by atoms with Crippen molar-refractivity contribution in [1.82, 2.24) is 5.32 Å². The molecule has 1 unspecified atom stereocenters. The van der Waals surface area contributed by atoms with Gasteiger partial charge in [-0.05, 0) is 68.9 Å². The van der Waals surface area contributed by atoms with E-state index in [1.165, 1.54) is 29.5 Å². The molecule has 1 aliphatic rings. The maximum absolute atomic E-state index is 12.2. The van der Waals surface area contributed by atoms with E-state index >= 15 is 0 Å². The van der Waals surface area contributed by atoms with E-state index < -0.39 is 0 Å². The first kappa shape index (κ1) is 18.3.